The van der Waals surface area contributed by atoms with Gasteiger partial charge in [-0.15, -0.1) is 0 Å². The Morgan fingerprint density at radius 1 is 0.543 bits per heavy atom. The largest absolute Gasteiger partial charge is 0.457 e. The van der Waals surface area contributed by atoms with Crippen LogP contribution in [0.2, 0.25) is 0 Å². The highest BCUT2D eigenvalue weighted by molar-refractivity contribution is 7.80. The molecule has 70 heavy (non-hydrogen) atoms. The van der Waals surface area contributed by atoms with Gasteiger partial charge in [-0.2, -0.15) is 8.42 Å². The number of hydrogen-bond donors (Lipinski definition) is 4. The smallest absolute Gasteiger partial charge is 0.397 e. The molecule has 1 aliphatic heterocycles. The highest BCUT2D eigenvalue weighted by atomic mass is 32.3. The molecule has 1 saturated heterocycles. The van der Waals surface area contributed by atoms with Gasteiger partial charge in [-0.1, -0.05) is 237 Å². The number of carbonyl (C=O) groups excluding carboxylic acids is 1. The van der Waals surface area contributed by atoms with E-state index in [1.54, 1.807) is 0 Å². The van der Waals surface area contributed by atoms with Crippen molar-refractivity contribution in [3.05, 3.63) is 36.5 Å². The SMILES string of the molecule is CCCCCCC/C=C\C/C=C\C/C=C\CCCCCCCCCOCC(COC1OC(CO)C(O)C(OS(=O)(=O)O)C1O)OC(=O)CCCCCCCCCCCCCCCCCCCCCCC. The first-order chi connectivity index (χ1) is 34.1. The monoisotopic (exact) mass is 1010 g/mol. The molecule has 0 aromatic carbocycles. The third kappa shape index (κ3) is 40.8. The molecule has 13 heteroatoms. The van der Waals surface area contributed by atoms with Gasteiger partial charge in [-0.05, 0) is 51.4 Å². The van der Waals surface area contributed by atoms with Crippen molar-refractivity contribution >= 4 is 16.4 Å². The van der Waals surface area contributed by atoms with E-state index < -0.39 is 59.8 Å². The van der Waals surface area contributed by atoms with Crippen molar-refractivity contribution in [3.63, 3.8) is 0 Å². The molecule has 6 atom stereocenters. The van der Waals surface area contributed by atoms with Crippen LogP contribution in [0.5, 0.6) is 0 Å². The van der Waals surface area contributed by atoms with Gasteiger partial charge in [0.05, 0.1) is 19.8 Å². The number of ether oxygens (including phenoxy) is 4. The molecule has 1 rings (SSSR count). The van der Waals surface area contributed by atoms with Crippen molar-refractivity contribution in [1.82, 2.24) is 0 Å². The maximum absolute atomic E-state index is 13.0. The standard InChI is InChI=1S/C57H106O12S/c1-3-5-7-9-11-13-15-17-19-21-23-25-27-29-31-33-35-37-39-41-43-45-47-65-49-51(50-66-57-55(61)56(69-70(62,63)64)54(60)52(48-58)68-57)67-53(59)46-44-42-40-38-36-34-32-30-28-26-24-22-20-18-16-14-12-10-8-6-4-2/h15,17,21,23,27,29,51-52,54-58,60-61H,3-14,16,18-20,22,24-26,28,30-50H2,1-2H3,(H,62,63,64)/b17-15-,23-21-,29-27-. The molecule has 0 aromatic heterocycles. The van der Waals surface area contributed by atoms with Gasteiger partial charge in [0.2, 0.25) is 0 Å². The second-order valence-corrected chi connectivity index (χ2v) is 20.9. The van der Waals surface area contributed by atoms with E-state index in [1.165, 1.54) is 173 Å². The summed E-state index contributed by atoms with van der Waals surface area (Å²) in [6, 6.07) is 0. The molecule has 0 bridgehead atoms. The first kappa shape index (κ1) is 66.3. The zero-order chi connectivity index (χ0) is 51.0. The summed E-state index contributed by atoms with van der Waals surface area (Å²) < 4.78 is 59.4. The van der Waals surface area contributed by atoms with Gasteiger partial charge in [0.15, 0.2) is 6.29 Å². The highest BCUT2D eigenvalue weighted by Crippen LogP contribution is 2.26. The van der Waals surface area contributed by atoms with Gasteiger partial charge in [0.1, 0.15) is 30.5 Å². The fraction of sp³-hybridized carbons (Fsp3) is 0.877. The Labute approximate surface area is 428 Å². The Balaban J connectivity index is 2.31. The van der Waals surface area contributed by atoms with Gasteiger partial charge in [0.25, 0.3) is 0 Å². The fourth-order valence-electron chi connectivity index (χ4n) is 8.92. The number of aliphatic hydroxyl groups excluding tert-OH is 3. The summed E-state index contributed by atoms with van der Waals surface area (Å²) in [5.41, 5.74) is 0. The van der Waals surface area contributed by atoms with E-state index in [1.807, 2.05) is 0 Å². The summed E-state index contributed by atoms with van der Waals surface area (Å²) in [5, 5.41) is 30.8. The molecule has 0 radical (unpaired) electrons. The summed E-state index contributed by atoms with van der Waals surface area (Å²) in [5.74, 6) is -0.398. The lowest BCUT2D eigenvalue weighted by Gasteiger charge is -2.41. The second kappa shape index (κ2) is 48.3. The van der Waals surface area contributed by atoms with E-state index in [-0.39, 0.29) is 19.6 Å². The van der Waals surface area contributed by atoms with Crippen molar-refractivity contribution < 1.29 is 56.2 Å². The Bertz CT molecular complexity index is 1360. The number of unbranched alkanes of at least 4 members (excludes halogenated alkanes) is 32. The van der Waals surface area contributed by atoms with E-state index in [0.29, 0.717) is 13.0 Å². The molecular weight excluding hydrogens is 909 g/mol. The Kier molecular flexibility index (Phi) is 45.7. The van der Waals surface area contributed by atoms with Crippen LogP contribution < -0.4 is 0 Å². The summed E-state index contributed by atoms with van der Waals surface area (Å²) in [4.78, 5) is 13.0. The third-order valence-electron chi connectivity index (χ3n) is 13.3. The molecule has 1 aliphatic rings. The predicted molar refractivity (Wildman–Crippen MR) is 285 cm³/mol. The van der Waals surface area contributed by atoms with E-state index in [9.17, 15) is 33.1 Å². The second-order valence-electron chi connectivity index (χ2n) is 19.9. The Morgan fingerprint density at radius 3 is 1.37 bits per heavy atom. The summed E-state index contributed by atoms with van der Waals surface area (Å²) in [7, 11) is -5.07. The van der Waals surface area contributed by atoms with Crippen molar-refractivity contribution in [2.45, 2.75) is 295 Å². The van der Waals surface area contributed by atoms with Crippen LogP contribution in [0.25, 0.3) is 0 Å². The average Bonchev–Trinajstić information content (AvgIpc) is 3.34. The maximum Gasteiger partial charge on any atom is 0.397 e. The number of esters is 1. The molecule has 0 amide bonds. The van der Waals surface area contributed by atoms with Crippen molar-refractivity contribution in [2.24, 2.45) is 0 Å². The fourth-order valence-corrected chi connectivity index (χ4v) is 9.43. The van der Waals surface area contributed by atoms with E-state index >= 15 is 0 Å². The lowest BCUT2D eigenvalue weighted by molar-refractivity contribution is -0.301. The third-order valence-corrected chi connectivity index (χ3v) is 13.7. The lowest BCUT2D eigenvalue weighted by atomic mass is 9.99. The molecule has 0 aromatic rings. The number of aliphatic hydroxyl groups is 3. The van der Waals surface area contributed by atoms with Crippen LogP contribution in [-0.2, 0) is 38.3 Å². The van der Waals surface area contributed by atoms with Crippen LogP contribution in [-0.4, -0.2) is 97.5 Å². The first-order valence-electron chi connectivity index (χ1n) is 28.7. The molecule has 412 valence electrons. The van der Waals surface area contributed by atoms with Crippen LogP contribution >= 0.6 is 0 Å². The zero-order valence-corrected chi connectivity index (χ0v) is 45.4. The van der Waals surface area contributed by atoms with Crippen molar-refractivity contribution in [2.75, 3.05) is 26.4 Å². The normalized spacial score (nSPS) is 19.3. The van der Waals surface area contributed by atoms with Gasteiger partial charge >= 0.3 is 16.4 Å². The van der Waals surface area contributed by atoms with Crippen LogP contribution in [0.4, 0.5) is 0 Å². The Morgan fingerprint density at radius 2 is 0.943 bits per heavy atom. The van der Waals surface area contributed by atoms with E-state index in [4.69, 9.17) is 18.9 Å². The van der Waals surface area contributed by atoms with E-state index in [0.717, 1.165) is 57.8 Å². The first-order valence-corrected chi connectivity index (χ1v) is 30.1. The molecule has 1 fully saturated rings. The maximum atomic E-state index is 13.0. The summed E-state index contributed by atoms with van der Waals surface area (Å²) in [6.45, 7) is 4.01. The van der Waals surface area contributed by atoms with Crippen molar-refractivity contribution in [1.29, 1.82) is 0 Å². The minimum atomic E-state index is -5.07. The number of carbonyl (C=O) groups is 1. The van der Waals surface area contributed by atoms with Gasteiger partial charge in [0, 0.05) is 13.0 Å². The van der Waals surface area contributed by atoms with Crippen LogP contribution in [0, 0.1) is 0 Å². The average molecular weight is 1020 g/mol. The number of allylic oxidation sites excluding steroid dienone is 6. The molecule has 4 N–H and O–H groups in total. The highest BCUT2D eigenvalue weighted by Gasteiger charge is 2.48. The molecule has 0 saturated carbocycles. The minimum Gasteiger partial charge on any atom is -0.457 e. The predicted octanol–water partition coefficient (Wildman–Crippen LogP) is 14.1. The quantitative estimate of drug-likeness (QED) is 0.0196. The number of rotatable bonds is 51. The zero-order valence-electron chi connectivity index (χ0n) is 44.6. The molecular formula is C57H106O12S. The molecule has 0 aliphatic carbocycles. The van der Waals surface area contributed by atoms with Crippen LogP contribution in [0.15, 0.2) is 36.5 Å². The van der Waals surface area contributed by atoms with Gasteiger partial charge < -0.3 is 34.3 Å². The topological polar surface area (TPSA) is 178 Å². The summed E-state index contributed by atoms with van der Waals surface area (Å²) in [6.07, 6.45) is 50.3. The minimum absolute atomic E-state index is 0.0322. The summed E-state index contributed by atoms with van der Waals surface area (Å²) >= 11 is 0. The number of hydrogen-bond acceptors (Lipinski definition) is 11. The van der Waals surface area contributed by atoms with Gasteiger partial charge in [-0.25, -0.2) is 4.18 Å². The lowest BCUT2D eigenvalue weighted by Crippen LogP contribution is -2.60. The molecule has 1 heterocycles. The molecule has 6 unspecified atom stereocenters. The van der Waals surface area contributed by atoms with Crippen LogP contribution in [0.1, 0.15) is 258 Å². The Hall–Kier alpha value is -1.68. The molecule has 0 spiro atoms. The van der Waals surface area contributed by atoms with Gasteiger partial charge in [-0.3, -0.25) is 9.35 Å². The van der Waals surface area contributed by atoms with Crippen molar-refractivity contribution in [3.8, 4) is 0 Å². The van der Waals surface area contributed by atoms with Crippen LogP contribution in [0.3, 0.4) is 0 Å². The van der Waals surface area contributed by atoms with E-state index in [2.05, 4.69) is 54.5 Å². The molecule has 12 nitrogen and oxygen atoms in total.